The topological polar surface area (TPSA) is 45.4 Å². The van der Waals surface area contributed by atoms with Crippen molar-refractivity contribution in [2.75, 3.05) is 6.54 Å². The summed E-state index contributed by atoms with van der Waals surface area (Å²) in [5.74, 6) is 0.890. The summed E-state index contributed by atoms with van der Waals surface area (Å²) in [5, 5.41) is 8.94. The average Bonchev–Trinajstić information content (AvgIpc) is 2.81. The average molecular weight is 421 g/mol. The van der Waals surface area contributed by atoms with Crippen molar-refractivity contribution < 1.29 is 4.74 Å². The number of nitriles is 1. The van der Waals surface area contributed by atoms with Crippen LogP contribution in [-0.2, 0) is 18.4 Å². The van der Waals surface area contributed by atoms with E-state index in [1.54, 1.807) is 0 Å². The molecule has 3 aromatic carbocycles. The smallest absolute Gasteiger partial charge is 0.120 e. The van der Waals surface area contributed by atoms with Crippen LogP contribution in [0, 0.1) is 11.3 Å². The molecule has 4 rings (SSSR count). The van der Waals surface area contributed by atoms with Gasteiger partial charge < -0.3 is 4.74 Å². The van der Waals surface area contributed by atoms with Gasteiger partial charge in [0.15, 0.2) is 0 Å². The maximum atomic E-state index is 8.94. The zero-order valence-corrected chi connectivity index (χ0v) is 18.9. The SMILES string of the molecule is CC(C)(C)c1ccc(COc2ccc3c(c2)CCN=C3/C=C/c2ccc(C#N)cc2)cc1. The van der Waals surface area contributed by atoms with Crippen molar-refractivity contribution in [2.24, 2.45) is 4.99 Å². The molecule has 0 saturated carbocycles. The van der Waals surface area contributed by atoms with Gasteiger partial charge in [-0.15, -0.1) is 0 Å². The Bertz CT molecular complexity index is 1190. The number of allylic oxidation sites excluding steroid dienone is 1. The van der Waals surface area contributed by atoms with Crippen LogP contribution in [0.1, 0.15) is 54.2 Å². The second kappa shape index (κ2) is 9.24. The number of aliphatic imine (C=N–C) groups is 1. The maximum absolute atomic E-state index is 8.94. The van der Waals surface area contributed by atoms with E-state index in [4.69, 9.17) is 15.0 Å². The van der Waals surface area contributed by atoms with E-state index in [9.17, 15) is 0 Å². The van der Waals surface area contributed by atoms with Gasteiger partial charge in [-0.2, -0.15) is 5.26 Å². The Balaban J connectivity index is 1.43. The number of fused-ring (bicyclic) bond motifs is 1. The van der Waals surface area contributed by atoms with Crippen molar-refractivity contribution in [3.8, 4) is 11.8 Å². The van der Waals surface area contributed by atoms with Crippen LogP contribution in [0.15, 0.2) is 77.8 Å². The van der Waals surface area contributed by atoms with Crippen LogP contribution in [0.2, 0.25) is 0 Å². The summed E-state index contributed by atoms with van der Waals surface area (Å²) < 4.78 is 6.09. The quantitative estimate of drug-likeness (QED) is 0.473. The lowest BCUT2D eigenvalue weighted by molar-refractivity contribution is 0.306. The van der Waals surface area contributed by atoms with Gasteiger partial charge in [-0.05, 0) is 70.5 Å². The van der Waals surface area contributed by atoms with E-state index < -0.39 is 0 Å². The lowest BCUT2D eigenvalue weighted by Crippen LogP contribution is -2.11. The number of nitrogens with zero attached hydrogens (tertiary/aromatic N) is 2. The van der Waals surface area contributed by atoms with Crippen molar-refractivity contribution in [3.63, 3.8) is 0 Å². The number of ether oxygens (including phenoxy) is 1. The molecule has 1 aliphatic rings. The number of rotatable bonds is 5. The van der Waals surface area contributed by atoms with Gasteiger partial charge >= 0.3 is 0 Å². The Morgan fingerprint density at radius 1 is 0.969 bits per heavy atom. The van der Waals surface area contributed by atoms with E-state index in [0.29, 0.717) is 12.2 Å². The Hall–Kier alpha value is -3.64. The van der Waals surface area contributed by atoms with Crippen LogP contribution in [0.4, 0.5) is 0 Å². The third-order valence-electron chi connectivity index (χ3n) is 5.71. The lowest BCUT2D eigenvalue weighted by atomic mass is 9.87. The highest BCUT2D eigenvalue weighted by molar-refractivity contribution is 6.12. The molecule has 0 aliphatic carbocycles. The predicted octanol–water partition coefficient (Wildman–Crippen LogP) is 6.49. The Morgan fingerprint density at radius 2 is 1.72 bits per heavy atom. The Morgan fingerprint density at radius 3 is 2.41 bits per heavy atom. The van der Waals surface area contributed by atoms with Gasteiger partial charge in [0, 0.05) is 12.1 Å². The minimum Gasteiger partial charge on any atom is -0.489 e. The van der Waals surface area contributed by atoms with E-state index in [1.807, 2.05) is 36.4 Å². The molecule has 32 heavy (non-hydrogen) atoms. The summed E-state index contributed by atoms with van der Waals surface area (Å²) in [6, 6.07) is 24.7. The molecule has 0 bridgehead atoms. The number of benzene rings is 3. The lowest BCUT2D eigenvalue weighted by Gasteiger charge is -2.19. The molecule has 1 heterocycles. The first-order valence-corrected chi connectivity index (χ1v) is 11.0. The summed E-state index contributed by atoms with van der Waals surface area (Å²) in [6.07, 6.45) is 5.01. The van der Waals surface area contributed by atoms with Gasteiger partial charge in [0.25, 0.3) is 0 Å². The summed E-state index contributed by atoms with van der Waals surface area (Å²) in [5.41, 5.74) is 7.78. The highest BCUT2D eigenvalue weighted by Gasteiger charge is 2.14. The summed E-state index contributed by atoms with van der Waals surface area (Å²) in [4.78, 5) is 4.71. The fourth-order valence-electron chi connectivity index (χ4n) is 3.75. The number of hydrogen-bond donors (Lipinski definition) is 0. The molecule has 1 aliphatic heterocycles. The molecule has 3 nitrogen and oxygen atoms in total. The second-order valence-corrected chi connectivity index (χ2v) is 9.14. The van der Waals surface area contributed by atoms with E-state index in [-0.39, 0.29) is 5.41 Å². The highest BCUT2D eigenvalue weighted by Crippen LogP contribution is 2.25. The van der Waals surface area contributed by atoms with E-state index in [2.05, 4.69) is 69.3 Å². The van der Waals surface area contributed by atoms with Crippen molar-refractivity contribution in [2.45, 2.75) is 39.2 Å². The standard InChI is InChI=1S/C29H28N2O/c1-29(2,3)25-11-8-23(9-12-25)20-32-26-13-14-27-24(18-26)16-17-31-28(27)15-10-21-4-6-22(19-30)7-5-21/h4-15,18H,16-17,20H2,1-3H3/b15-10+. The molecule has 0 unspecified atom stereocenters. The molecular formula is C29H28N2O. The normalized spacial score (nSPS) is 13.4. The van der Waals surface area contributed by atoms with Gasteiger partial charge in [-0.1, -0.05) is 63.2 Å². The molecule has 0 radical (unpaired) electrons. The highest BCUT2D eigenvalue weighted by atomic mass is 16.5. The molecule has 0 saturated heterocycles. The van der Waals surface area contributed by atoms with Crippen LogP contribution in [0.5, 0.6) is 5.75 Å². The van der Waals surface area contributed by atoms with Crippen LogP contribution in [-0.4, -0.2) is 12.3 Å². The van der Waals surface area contributed by atoms with E-state index in [1.165, 1.54) is 16.7 Å². The minimum absolute atomic E-state index is 0.158. The molecule has 0 amide bonds. The largest absolute Gasteiger partial charge is 0.489 e. The van der Waals surface area contributed by atoms with Crippen molar-refractivity contribution in [1.29, 1.82) is 5.26 Å². The third-order valence-corrected chi connectivity index (χ3v) is 5.71. The van der Waals surface area contributed by atoms with Gasteiger partial charge in [0.05, 0.1) is 17.3 Å². The number of hydrogen-bond acceptors (Lipinski definition) is 3. The molecule has 0 spiro atoms. The first-order chi connectivity index (χ1) is 15.4. The third kappa shape index (κ3) is 5.15. The van der Waals surface area contributed by atoms with Crippen molar-refractivity contribution in [1.82, 2.24) is 0 Å². The van der Waals surface area contributed by atoms with E-state index in [0.717, 1.165) is 35.6 Å². The van der Waals surface area contributed by atoms with Crippen LogP contribution < -0.4 is 4.74 Å². The summed E-state index contributed by atoms with van der Waals surface area (Å²) >= 11 is 0. The molecule has 0 atom stereocenters. The summed E-state index contributed by atoms with van der Waals surface area (Å²) in [7, 11) is 0. The molecule has 3 aromatic rings. The summed E-state index contributed by atoms with van der Waals surface area (Å²) in [6.45, 7) is 8.01. The van der Waals surface area contributed by atoms with Crippen LogP contribution in [0.3, 0.4) is 0 Å². The van der Waals surface area contributed by atoms with Crippen molar-refractivity contribution >= 4 is 11.8 Å². The van der Waals surface area contributed by atoms with Crippen molar-refractivity contribution in [3.05, 3.63) is 106 Å². The maximum Gasteiger partial charge on any atom is 0.120 e. The van der Waals surface area contributed by atoms with Gasteiger partial charge in [0.1, 0.15) is 12.4 Å². The Labute approximate surface area is 190 Å². The fraction of sp³-hybridized carbons (Fsp3) is 0.241. The van der Waals surface area contributed by atoms with Crippen LogP contribution >= 0.6 is 0 Å². The zero-order valence-electron chi connectivity index (χ0n) is 18.9. The molecule has 160 valence electrons. The van der Waals surface area contributed by atoms with Crippen LogP contribution in [0.25, 0.3) is 6.08 Å². The second-order valence-electron chi connectivity index (χ2n) is 9.14. The van der Waals surface area contributed by atoms with Gasteiger partial charge in [-0.25, -0.2) is 0 Å². The predicted molar refractivity (Wildman–Crippen MR) is 131 cm³/mol. The molecule has 0 aromatic heterocycles. The molecule has 3 heteroatoms. The van der Waals surface area contributed by atoms with E-state index >= 15 is 0 Å². The first kappa shape index (κ1) is 21.6. The monoisotopic (exact) mass is 420 g/mol. The fourth-order valence-corrected chi connectivity index (χ4v) is 3.75. The van der Waals surface area contributed by atoms with Gasteiger partial charge in [-0.3, -0.25) is 4.99 Å². The van der Waals surface area contributed by atoms with Gasteiger partial charge in [0.2, 0.25) is 0 Å². The Kier molecular flexibility index (Phi) is 6.23. The minimum atomic E-state index is 0.158. The molecule has 0 fully saturated rings. The molecule has 0 N–H and O–H groups in total. The zero-order chi connectivity index (χ0) is 22.6. The first-order valence-electron chi connectivity index (χ1n) is 11.0. The molecular weight excluding hydrogens is 392 g/mol.